The first-order valence-corrected chi connectivity index (χ1v) is 4.62. The minimum Gasteiger partial charge on any atom is -0.330 e. The molecule has 0 saturated carbocycles. The molecule has 1 saturated heterocycles. The van der Waals surface area contributed by atoms with Crippen molar-refractivity contribution in [2.45, 2.75) is 26.7 Å². The average Bonchev–Trinajstić information content (AvgIpc) is 2.35. The van der Waals surface area contributed by atoms with Crippen molar-refractivity contribution in [2.24, 2.45) is 11.1 Å². The van der Waals surface area contributed by atoms with Crippen molar-refractivity contribution in [2.75, 3.05) is 26.2 Å². The third-order valence-corrected chi connectivity index (χ3v) is 2.67. The van der Waals surface area contributed by atoms with Crippen LogP contribution in [0, 0.1) is 5.41 Å². The predicted molar refractivity (Wildman–Crippen MR) is 48.5 cm³/mol. The van der Waals surface area contributed by atoms with Crippen LogP contribution in [-0.4, -0.2) is 31.1 Å². The van der Waals surface area contributed by atoms with E-state index in [9.17, 15) is 0 Å². The molecule has 2 nitrogen and oxygen atoms in total. The fourth-order valence-corrected chi connectivity index (χ4v) is 1.80. The third kappa shape index (κ3) is 2.17. The van der Waals surface area contributed by atoms with Crippen molar-refractivity contribution in [1.29, 1.82) is 0 Å². The van der Waals surface area contributed by atoms with E-state index in [1.54, 1.807) is 0 Å². The summed E-state index contributed by atoms with van der Waals surface area (Å²) in [5, 5.41) is 0. The Morgan fingerprint density at radius 1 is 1.55 bits per heavy atom. The van der Waals surface area contributed by atoms with E-state index in [-0.39, 0.29) is 0 Å². The Labute approximate surface area is 69.8 Å². The normalized spacial score (nSPS) is 33.0. The van der Waals surface area contributed by atoms with Crippen LogP contribution >= 0.6 is 0 Å². The highest BCUT2D eigenvalue weighted by atomic mass is 15.2. The standard InChI is InChI=1S/C9H20N2/c1-3-5-11-6-4-9(2,7-10)8-11/h3-8,10H2,1-2H3. The van der Waals surface area contributed by atoms with Gasteiger partial charge in [-0.15, -0.1) is 0 Å². The summed E-state index contributed by atoms with van der Waals surface area (Å²) in [7, 11) is 0. The molecule has 66 valence electrons. The Balaban J connectivity index is 2.33. The van der Waals surface area contributed by atoms with Gasteiger partial charge in [0.05, 0.1) is 0 Å². The van der Waals surface area contributed by atoms with E-state index >= 15 is 0 Å². The molecule has 11 heavy (non-hydrogen) atoms. The first kappa shape index (κ1) is 9.01. The number of hydrogen-bond acceptors (Lipinski definition) is 2. The summed E-state index contributed by atoms with van der Waals surface area (Å²) in [6, 6.07) is 0. The Kier molecular flexibility index (Phi) is 2.90. The smallest absolute Gasteiger partial charge is 0.00479 e. The van der Waals surface area contributed by atoms with Gasteiger partial charge < -0.3 is 10.6 Å². The van der Waals surface area contributed by atoms with Gasteiger partial charge in [0.15, 0.2) is 0 Å². The maximum Gasteiger partial charge on any atom is 0.00479 e. The number of rotatable bonds is 3. The molecule has 1 aliphatic rings. The van der Waals surface area contributed by atoms with Gasteiger partial charge in [-0.05, 0) is 37.9 Å². The van der Waals surface area contributed by atoms with Crippen molar-refractivity contribution in [1.82, 2.24) is 4.90 Å². The number of likely N-dealkylation sites (tertiary alicyclic amines) is 1. The topological polar surface area (TPSA) is 29.3 Å². The van der Waals surface area contributed by atoms with Crippen molar-refractivity contribution >= 4 is 0 Å². The molecule has 1 heterocycles. The van der Waals surface area contributed by atoms with Gasteiger partial charge in [0.2, 0.25) is 0 Å². The molecule has 0 aromatic heterocycles. The molecule has 1 atom stereocenters. The molecule has 1 unspecified atom stereocenters. The molecule has 2 heteroatoms. The van der Waals surface area contributed by atoms with Crippen molar-refractivity contribution < 1.29 is 0 Å². The van der Waals surface area contributed by atoms with Crippen LogP contribution in [0.25, 0.3) is 0 Å². The van der Waals surface area contributed by atoms with Gasteiger partial charge >= 0.3 is 0 Å². The molecule has 0 aromatic rings. The van der Waals surface area contributed by atoms with E-state index in [0.29, 0.717) is 5.41 Å². The summed E-state index contributed by atoms with van der Waals surface area (Å²) in [6.45, 7) is 9.07. The van der Waals surface area contributed by atoms with E-state index in [0.717, 1.165) is 6.54 Å². The molecule has 1 fully saturated rings. The van der Waals surface area contributed by atoms with Crippen LogP contribution in [0.4, 0.5) is 0 Å². The molecule has 2 N–H and O–H groups in total. The largest absolute Gasteiger partial charge is 0.330 e. The summed E-state index contributed by atoms with van der Waals surface area (Å²) in [5.41, 5.74) is 6.11. The molecule has 0 aromatic carbocycles. The van der Waals surface area contributed by atoms with Gasteiger partial charge in [-0.3, -0.25) is 0 Å². The SMILES string of the molecule is CCCN1CCC(C)(CN)C1. The Bertz CT molecular complexity index is 125. The van der Waals surface area contributed by atoms with Crippen LogP contribution in [0.5, 0.6) is 0 Å². The maximum atomic E-state index is 5.70. The quantitative estimate of drug-likeness (QED) is 0.662. The zero-order chi connectivity index (χ0) is 8.32. The summed E-state index contributed by atoms with van der Waals surface area (Å²) in [4.78, 5) is 2.52. The summed E-state index contributed by atoms with van der Waals surface area (Å²) in [6.07, 6.45) is 2.55. The summed E-state index contributed by atoms with van der Waals surface area (Å²) >= 11 is 0. The minimum absolute atomic E-state index is 0.412. The van der Waals surface area contributed by atoms with Gasteiger partial charge in [0.1, 0.15) is 0 Å². The molecule has 0 aliphatic carbocycles. The molecular formula is C9H20N2. The van der Waals surface area contributed by atoms with Crippen molar-refractivity contribution in [3.8, 4) is 0 Å². The van der Waals surface area contributed by atoms with Crippen LogP contribution in [0.15, 0.2) is 0 Å². The van der Waals surface area contributed by atoms with Crippen LogP contribution in [-0.2, 0) is 0 Å². The van der Waals surface area contributed by atoms with E-state index < -0.39 is 0 Å². The molecule has 0 bridgehead atoms. The first-order valence-electron chi connectivity index (χ1n) is 4.62. The molecule has 0 spiro atoms. The van der Waals surface area contributed by atoms with Crippen LogP contribution < -0.4 is 5.73 Å². The first-order chi connectivity index (χ1) is 5.20. The van der Waals surface area contributed by atoms with Crippen LogP contribution in [0.3, 0.4) is 0 Å². The Hall–Kier alpha value is -0.0800. The lowest BCUT2D eigenvalue weighted by atomic mass is 9.90. The molecule has 0 amide bonds. The van der Waals surface area contributed by atoms with Crippen molar-refractivity contribution in [3.05, 3.63) is 0 Å². The fraction of sp³-hybridized carbons (Fsp3) is 1.00. The lowest BCUT2D eigenvalue weighted by Crippen LogP contribution is -2.31. The average molecular weight is 156 g/mol. The second kappa shape index (κ2) is 3.55. The maximum absolute atomic E-state index is 5.70. The van der Waals surface area contributed by atoms with Gasteiger partial charge in [-0.2, -0.15) is 0 Å². The van der Waals surface area contributed by atoms with E-state index in [1.165, 1.54) is 32.5 Å². The summed E-state index contributed by atoms with van der Waals surface area (Å²) < 4.78 is 0. The van der Waals surface area contributed by atoms with E-state index in [4.69, 9.17) is 5.73 Å². The zero-order valence-corrected chi connectivity index (χ0v) is 7.77. The molecule has 1 rings (SSSR count). The van der Waals surface area contributed by atoms with Crippen molar-refractivity contribution in [3.63, 3.8) is 0 Å². The monoisotopic (exact) mass is 156 g/mol. The van der Waals surface area contributed by atoms with Gasteiger partial charge in [0.25, 0.3) is 0 Å². The second-order valence-electron chi connectivity index (χ2n) is 4.04. The minimum atomic E-state index is 0.412. The Morgan fingerprint density at radius 3 is 2.73 bits per heavy atom. The van der Waals surface area contributed by atoms with Crippen LogP contribution in [0.1, 0.15) is 26.7 Å². The Morgan fingerprint density at radius 2 is 2.27 bits per heavy atom. The number of nitrogens with two attached hydrogens (primary N) is 1. The number of hydrogen-bond donors (Lipinski definition) is 1. The predicted octanol–water partition coefficient (Wildman–Crippen LogP) is 1.07. The van der Waals surface area contributed by atoms with Gasteiger partial charge in [-0.25, -0.2) is 0 Å². The molecule has 0 radical (unpaired) electrons. The zero-order valence-electron chi connectivity index (χ0n) is 7.77. The third-order valence-electron chi connectivity index (χ3n) is 2.67. The highest BCUT2D eigenvalue weighted by Gasteiger charge is 2.31. The highest BCUT2D eigenvalue weighted by molar-refractivity contribution is 4.86. The van der Waals surface area contributed by atoms with Gasteiger partial charge in [-0.1, -0.05) is 13.8 Å². The highest BCUT2D eigenvalue weighted by Crippen LogP contribution is 2.28. The van der Waals surface area contributed by atoms with E-state index in [1.807, 2.05) is 0 Å². The lowest BCUT2D eigenvalue weighted by molar-refractivity contribution is 0.281. The van der Waals surface area contributed by atoms with Crippen LogP contribution in [0.2, 0.25) is 0 Å². The van der Waals surface area contributed by atoms with E-state index in [2.05, 4.69) is 18.7 Å². The second-order valence-corrected chi connectivity index (χ2v) is 4.04. The fourth-order valence-electron chi connectivity index (χ4n) is 1.80. The molecule has 1 aliphatic heterocycles. The van der Waals surface area contributed by atoms with Gasteiger partial charge in [0, 0.05) is 6.54 Å². The lowest BCUT2D eigenvalue weighted by Gasteiger charge is -2.22. The summed E-state index contributed by atoms with van der Waals surface area (Å²) in [5.74, 6) is 0. The number of nitrogens with zero attached hydrogens (tertiary/aromatic N) is 1. The molecular weight excluding hydrogens is 136 g/mol.